The van der Waals surface area contributed by atoms with Crippen molar-refractivity contribution in [3.05, 3.63) is 54.1 Å². The van der Waals surface area contributed by atoms with Crippen LogP contribution >= 0.6 is 0 Å². The number of nitrogens with one attached hydrogen (secondary N) is 2. The Morgan fingerprint density at radius 2 is 1.67 bits per heavy atom. The molecule has 7 nitrogen and oxygen atoms in total. The van der Waals surface area contributed by atoms with Gasteiger partial charge in [0, 0.05) is 44.1 Å². The molecule has 2 amide bonds. The highest BCUT2D eigenvalue weighted by atomic mass is 16.2. The van der Waals surface area contributed by atoms with Crippen molar-refractivity contribution in [3.63, 3.8) is 0 Å². The van der Waals surface area contributed by atoms with Gasteiger partial charge in [-0.3, -0.25) is 9.59 Å². The zero-order valence-electron chi connectivity index (χ0n) is 13.0. The summed E-state index contributed by atoms with van der Waals surface area (Å²) in [7, 11) is 0. The highest BCUT2D eigenvalue weighted by molar-refractivity contribution is 5.98. The van der Waals surface area contributed by atoms with Gasteiger partial charge < -0.3 is 19.8 Å². The van der Waals surface area contributed by atoms with Gasteiger partial charge in [0.05, 0.1) is 22.9 Å². The van der Waals surface area contributed by atoms with Gasteiger partial charge in [0.15, 0.2) is 0 Å². The molecule has 3 aromatic rings. The van der Waals surface area contributed by atoms with Crippen LogP contribution in [0.4, 0.5) is 0 Å². The lowest BCUT2D eigenvalue weighted by molar-refractivity contribution is 0.0535. The highest BCUT2D eigenvalue weighted by Crippen LogP contribution is 2.15. The predicted octanol–water partition coefficient (Wildman–Crippen LogP) is 1.49. The second-order valence-electron chi connectivity index (χ2n) is 5.82. The minimum absolute atomic E-state index is 0.00206. The van der Waals surface area contributed by atoms with Crippen LogP contribution in [0.2, 0.25) is 0 Å². The van der Waals surface area contributed by atoms with E-state index >= 15 is 0 Å². The monoisotopic (exact) mass is 323 g/mol. The zero-order valence-corrected chi connectivity index (χ0v) is 13.0. The highest BCUT2D eigenvalue weighted by Gasteiger charge is 2.25. The van der Waals surface area contributed by atoms with E-state index in [2.05, 4.69) is 15.0 Å². The van der Waals surface area contributed by atoms with E-state index in [9.17, 15) is 9.59 Å². The van der Waals surface area contributed by atoms with Crippen LogP contribution in [0, 0.1) is 0 Å². The van der Waals surface area contributed by atoms with Gasteiger partial charge >= 0.3 is 0 Å². The molecule has 1 aliphatic rings. The smallest absolute Gasteiger partial charge is 0.255 e. The molecule has 1 aromatic carbocycles. The lowest BCUT2D eigenvalue weighted by Gasteiger charge is -2.34. The van der Waals surface area contributed by atoms with Gasteiger partial charge in [0.1, 0.15) is 0 Å². The van der Waals surface area contributed by atoms with Crippen molar-refractivity contribution in [2.45, 2.75) is 0 Å². The molecule has 1 fully saturated rings. The molecule has 2 aromatic heterocycles. The van der Waals surface area contributed by atoms with Crippen molar-refractivity contribution < 1.29 is 9.59 Å². The number of fused-ring (bicyclic) bond motifs is 1. The second kappa shape index (κ2) is 5.84. The maximum Gasteiger partial charge on any atom is 0.255 e. The summed E-state index contributed by atoms with van der Waals surface area (Å²) in [4.78, 5) is 38.6. The first kappa shape index (κ1) is 14.5. The van der Waals surface area contributed by atoms with Crippen molar-refractivity contribution in [2.24, 2.45) is 0 Å². The van der Waals surface area contributed by atoms with Crippen molar-refractivity contribution in [1.82, 2.24) is 24.8 Å². The van der Waals surface area contributed by atoms with E-state index in [4.69, 9.17) is 0 Å². The van der Waals surface area contributed by atoms with E-state index in [1.165, 1.54) is 0 Å². The maximum atomic E-state index is 12.7. The molecular weight excluding hydrogens is 306 g/mol. The van der Waals surface area contributed by atoms with Gasteiger partial charge in [0.25, 0.3) is 11.8 Å². The van der Waals surface area contributed by atoms with Crippen molar-refractivity contribution in [2.75, 3.05) is 26.2 Å². The molecule has 122 valence electrons. The minimum Gasteiger partial charge on any atom is -0.367 e. The number of carbonyl (C=O) groups excluding carboxylic acids is 2. The fraction of sp³-hybridized carbons (Fsp3) is 0.235. The van der Waals surface area contributed by atoms with Gasteiger partial charge in [-0.25, -0.2) is 4.98 Å². The number of piperazine rings is 1. The quantitative estimate of drug-likeness (QED) is 0.749. The summed E-state index contributed by atoms with van der Waals surface area (Å²) in [5.41, 5.74) is 2.98. The first-order chi connectivity index (χ1) is 11.7. The fourth-order valence-corrected chi connectivity index (χ4v) is 3.00. The average Bonchev–Trinajstić information content (AvgIpc) is 3.31. The Labute approximate surface area is 138 Å². The molecule has 0 radical (unpaired) electrons. The Kier molecular flexibility index (Phi) is 3.53. The number of amides is 2. The van der Waals surface area contributed by atoms with Crippen LogP contribution in [-0.4, -0.2) is 62.7 Å². The average molecular weight is 323 g/mol. The van der Waals surface area contributed by atoms with Gasteiger partial charge in [-0.2, -0.15) is 0 Å². The normalized spacial score (nSPS) is 15.0. The van der Waals surface area contributed by atoms with Crippen LogP contribution in [0.1, 0.15) is 20.7 Å². The molecular formula is C17H17N5O2. The van der Waals surface area contributed by atoms with Crippen LogP contribution < -0.4 is 0 Å². The van der Waals surface area contributed by atoms with Crippen molar-refractivity contribution in [1.29, 1.82) is 0 Å². The molecule has 1 aliphatic heterocycles. The van der Waals surface area contributed by atoms with E-state index in [1.807, 2.05) is 12.1 Å². The van der Waals surface area contributed by atoms with E-state index in [0.717, 1.165) is 11.0 Å². The van der Waals surface area contributed by atoms with Gasteiger partial charge in [0.2, 0.25) is 0 Å². The summed E-state index contributed by atoms with van der Waals surface area (Å²) in [5, 5.41) is 0. The predicted molar refractivity (Wildman–Crippen MR) is 88.7 cm³/mol. The first-order valence-corrected chi connectivity index (χ1v) is 7.87. The third-order valence-electron chi connectivity index (χ3n) is 4.37. The molecule has 3 heterocycles. The number of hydrogen-bond donors (Lipinski definition) is 2. The van der Waals surface area contributed by atoms with Crippen LogP contribution in [0.5, 0.6) is 0 Å². The van der Waals surface area contributed by atoms with Crippen LogP contribution in [0.25, 0.3) is 11.0 Å². The Balaban J connectivity index is 1.43. The number of rotatable bonds is 2. The summed E-state index contributed by atoms with van der Waals surface area (Å²) in [5.74, 6) is -0.0116. The molecule has 0 atom stereocenters. The minimum atomic E-state index is -0.0137. The standard InChI is InChI=1S/C17H17N5O2/c23-16(12-1-2-14-15(9-12)20-11-19-14)21-5-7-22(8-6-21)17(24)13-3-4-18-10-13/h1-4,9-11,18H,5-8H2,(H,19,20). The third-order valence-corrected chi connectivity index (χ3v) is 4.37. The van der Waals surface area contributed by atoms with Crippen LogP contribution in [0.3, 0.4) is 0 Å². The van der Waals surface area contributed by atoms with E-state index < -0.39 is 0 Å². The molecule has 0 spiro atoms. The van der Waals surface area contributed by atoms with Gasteiger partial charge in [-0.1, -0.05) is 0 Å². The lowest BCUT2D eigenvalue weighted by Crippen LogP contribution is -2.50. The molecule has 24 heavy (non-hydrogen) atoms. The van der Waals surface area contributed by atoms with Crippen LogP contribution in [0.15, 0.2) is 43.0 Å². The molecule has 4 rings (SSSR count). The summed E-state index contributed by atoms with van der Waals surface area (Å²) < 4.78 is 0. The second-order valence-corrected chi connectivity index (χ2v) is 5.82. The Morgan fingerprint density at radius 1 is 0.958 bits per heavy atom. The Hall–Kier alpha value is -3.09. The number of aromatic nitrogens is 3. The molecule has 1 saturated heterocycles. The van der Waals surface area contributed by atoms with Gasteiger partial charge in [-0.15, -0.1) is 0 Å². The number of aromatic amines is 2. The van der Waals surface area contributed by atoms with E-state index in [1.54, 1.807) is 40.7 Å². The summed E-state index contributed by atoms with van der Waals surface area (Å²) in [6.07, 6.45) is 5.04. The van der Waals surface area contributed by atoms with Crippen molar-refractivity contribution in [3.8, 4) is 0 Å². The summed E-state index contributed by atoms with van der Waals surface area (Å²) in [6, 6.07) is 7.22. The number of imidazole rings is 1. The van der Waals surface area contributed by atoms with Gasteiger partial charge in [-0.05, 0) is 24.3 Å². The third kappa shape index (κ3) is 2.54. The van der Waals surface area contributed by atoms with Crippen LogP contribution in [-0.2, 0) is 0 Å². The molecule has 0 saturated carbocycles. The number of benzene rings is 1. The molecule has 0 bridgehead atoms. The Morgan fingerprint density at radius 3 is 2.33 bits per heavy atom. The Bertz CT molecular complexity index is 875. The summed E-state index contributed by atoms with van der Waals surface area (Å²) >= 11 is 0. The fourth-order valence-electron chi connectivity index (χ4n) is 3.00. The molecule has 2 N–H and O–H groups in total. The molecule has 7 heteroatoms. The zero-order chi connectivity index (χ0) is 16.5. The van der Waals surface area contributed by atoms with E-state index in [0.29, 0.717) is 37.3 Å². The maximum absolute atomic E-state index is 12.7. The van der Waals surface area contributed by atoms with E-state index in [-0.39, 0.29) is 11.8 Å². The molecule has 0 aliphatic carbocycles. The lowest BCUT2D eigenvalue weighted by atomic mass is 10.1. The number of nitrogens with zero attached hydrogens (tertiary/aromatic N) is 3. The topological polar surface area (TPSA) is 85.1 Å². The largest absolute Gasteiger partial charge is 0.367 e. The summed E-state index contributed by atoms with van der Waals surface area (Å²) in [6.45, 7) is 2.16. The SMILES string of the molecule is O=C(c1cc[nH]c1)N1CCN(C(=O)c2ccc3nc[nH]c3c2)CC1. The number of carbonyl (C=O) groups is 2. The first-order valence-electron chi connectivity index (χ1n) is 7.87. The van der Waals surface area contributed by atoms with Crippen molar-refractivity contribution >= 4 is 22.8 Å². The number of H-pyrrole nitrogens is 2. The number of hydrogen-bond acceptors (Lipinski definition) is 3. The molecule has 0 unspecified atom stereocenters.